The van der Waals surface area contributed by atoms with Crippen molar-refractivity contribution in [1.82, 2.24) is 9.97 Å². The van der Waals surface area contributed by atoms with E-state index in [1.54, 1.807) is 0 Å². The predicted octanol–water partition coefficient (Wildman–Crippen LogP) is -0.722. The predicted molar refractivity (Wildman–Crippen MR) is 60.7 cm³/mol. The summed E-state index contributed by atoms with van der Waals surface area (Å²) in [5, 5.41) is 11.6. The Kier molecular flexibility index (Phi) is 4.65. The lowest BCUT2D eigenvalue weighted by Gasteiger charge is -2.14. The molecule has 0 amide bonds. The van der Waals surface area contributed by atoms with Crippen LogP contribution in [0.25, 0.3) is 0 Å². The normalized spacial score (nSPS) is 11.9. The fourth-order valence-electron chi connectivity index (χ4n) is 1.25. The molecule has 1 aromatic heterocycles. The molecule has 0 saturated carbocycles. The highest BCUT2D eigenvalue weighted by Crippen LogP contribution is 2.03. The SMILES string of the molecule is CCc1nc(NC(CO)C(=O)OC)cc(=O)[nH]1. The van der Waals surface area contributed by atoms with Crippen molar-refractivity contribution in [2.45, 2.75) is 19.4 Å². The Bertz CT molecular complexity index is 443. The van der Waals surface area contributed by atoms with Crippen LogP contribution in [-0.4, -0.2) is 40.8 Å². The number of nitrogens with zero attached hydrogens (tertiary/aromatic N) is 1. The van der Waals surface area contributed by atoms with Gasteiger partial charge in [-0.05, 0) is 0 Å². The van der Waals surface area contributed by atoms with Gasteiger partial charge >= 0.3 is 5.97 Å². The highest BCUT2D eigenvalue weighted by atomic mass is 16.5. The maximum absolute atomic E-state index is 11.3. The van der Waals surface area contributed by atoms with Crippen molar-refractivity contribution >= 4 is 11.8 Å². The minimum Gasteiger partial charge on any atom is -0.467 e. The molecule has 0 bridgehead atoms. The molecule has 0 aliphatic carbocycles. The van der Waals surface area contributed by atoms with Crippen molar-refractivity contribution < 1.29 is 14.6 Å². The molecule has 0 saturated heterocycles. The van der Waals surface area contributed by atoms with E-state index in [4.69, 9.17) is 5.11 Å². The van der Waals surface area contributed by atoms with Gasteiger partial charge in [0.2, 0.25) is 0 Å². The molecular weight excluding hydrogens is 226 g/mol. The van der Waals surface area contributed by atoms with Gasteiger partial charge in [-0.1, -0.05) is 6.92 Å². The van der Waals surface area contributed by atoms with Crippen molar-refractivity contribution in [3.05, 3.63) is 22.2 Å². The van der Waals surface area contributed by atoms with Crippen LogP contribution in [0.4, 0.5) is 5.82 Å². The van der Waals surface area contributed by atoms with E-state index in [1.807, 2.05) is 6.92 Å². The van der Waals surface area contributed by atoms with Crippen molar-refractivity contribution in [2.24, 2.45) is 0 Å². The molecule has 0 fully saturated rings. The molecule has 0 aliphatic heterocycles. The zero-order valence-corrected chi connectivity index (χ0v) is 9.69. The number of rotatable bonds is 5. The van der Waals surface area contributed by atoms with Gasteiger partial charge in [-0.15, -0.1) is 0 Å². The first-order chi connectivity index (χ1) is 8.10. The van der Waals surface area contributed by atoms with Crippen LogP contribution in [0.15, 0.2) is 10.9 Å². The lowest BCUT2D eigenvalue weighted by molar-refractivity contribution is -0.142. The fraction of sp³-hybridized carbons (Fsp3) is 0.500. The second-order valence-electron chi connectivity index (χ2n) is 3.33. The molecular formula is C10H15N3O4. The van der Waals surface area contributed by atoms with Crippen LogP contribution in [0, 0.1) is 0 Å². The number of hydrogen-bond donors (Lipinski definition) is 3. The summed E-state index contributed by atoms with van der Waals surface area (Å²) >= 11 is 0. The van der Waals surface area contributed by atoms with E-state index in [9.17, 15) is 9.59 Å². The van der Waals surface area contributed by atoms with E-state index in [0.717, 1.165) is 0 Å². The molecule has 1 atom stereocenters. The second kappa shape index (κ2) is 6.00. The van der Waals surface area contributed by atoms with Gasteiger partial charge in [-0.2, -0.15) is 0 Å². The minimum atomic E-state index is -0.931. The standard InChI is InChI=1S/C10H15N3O4/c1-3-7-12-8(4-9(15)13-7)11-6(5-14)10(16)17-2/h4,6,14H,3,5H2,1-2H3,(H2,11,12,13,15). The lowest BCUT2D eigenvalue weighted by Crippen LogP contribution is -2.35. The molecule has 1 heterocycles. The van der Waals surface area contributed by atoms with Gasteiger partial charge < -0.3 is 20.1 Å². The first-order valence-corrected chi connectivity index (χ1v) is 5.16. The molecule has 0 spiro atoms. The summed E-state index contributed by atoms with van der Waals surface area (Å²) in [6.07, 6.45) is 0.562. The van der Waals surface area contributed by atoms with Crippen LogP contribution in [0.5, 0.6) is 0 Å². The highest BCUT2D eigenvalue weighted by molar-refractivity contribution is 5.78. The second-order valence-corrected chi connectivity index (χ2v) is 3.33. The number of carbonyl (C=O) groups excluding carboxylic acids is 1. The number of ether oxygens (including phenoxy) is 1. The van der Waals surface area contributed by atoms with Gasteiger partial charge in [-0.3, -0.25) is 4.79 Å². The molecule has 1 unspecified atom stereocenters. The molecule has 1 aromatic rings. The van der Waals surface area contributed by atoms with Gasteiger partial charge in [-0.25, -0.2) is 9.78 Å². The Morgan fingerprint density at radius 1 is 1.71 bits per heavy atom. The number of esters is 1. The summed E-state index contributed by atoms with van der Waals surface area (Å²) in [7, 11) is 1.22. The topological polar surface area (TPSA) is 104 Å². The molecule has 0 aromatic carbocycles. The molecule has 94 valence electrons. The van der Waals surface area contributed by atoms with Gasteiger partial charge in [0, 0.05) is 12.5 Å². The summed E-state index contributed by atoms with van der Waals surface area (Å²) in [6.45, 7) is 1.40. The van der Waals surface area contributed by atoms with Crippen molar-refractivity contribution in [3.8, 4) is 0 Å². The third-order valence-corrected chi connectivity index (χ3v) is 2.12. The number of aromatic nitrogens is 2. The van der Waals surface area contributed by atoms with Gasteiger partial charge in [0.05, 0.1) is 13.7 Å². The monoisotopic (exact) mass is 241 g/mol. The molecule has 0 radical (unpaired) electrons. The molecule has 7 heteroatoms. The van der Waals surface area contributed by atoms with E-state index in [1.165, 1.54) is 13.2 Å². The molecule has 3 N–H and O–H groups in total. The molecule has 1 rings (SSSR count). The summed E-state index contributed by atoms with van der Waals surface area (Å²) < 4.78 is 4.49. The van der Waals surface area contributed by atoms with Crippen molar-refractivity contribution in [3.63, 3.8) is 0 Å². The van der Waals surface area contributed by atoms with Crippen LogP contribution >= 0.6 is 0 Å². The van der Waals surface area contributed by atoms with E-state index < -0.39 is 18.6 Å². The number of hydrogen-bond acceptors (Lipinski definition) is 6. The summed E-state index contributed by atoms with van der Waals surface area (Å²) in [5.74, 6) is 0.115. The van der Waals surface area contributed by atoms with E-state index in [2.05, 4.69) is 20.0 Å². The molecule has 7 nitrogen and oxygen atoms in total. The van der Waals surface area contributed by atoms with E-state index in [-0.39, 0.29) is 11.4 Å². The Hall–Kier alpha value is -1.89. The molecule has 17 heavy (non-hydrogen) atoms. The quantitative estimate of drug-likeness (QED) is 0.587. The van der Waals surface area contributed by atoms with Crippen LogP contribution < -0.4 is 10.9 Å². The van der Waals surface area contributed by atoms with Crippen LogP contribution in [0.1, 0.15) is 12.7 Å². The average molecular weight is 241 g/mol. The van der Waals surface area contributed by atoms with Crippen molar-refractivity contribution in [1.29, 1.82) is 0 Å². The minimum absolute atomic E-state index is 0.232. The van der Waals surface area contributed by atoms with E-state index in [0.29, 0.717) is 12.2 Å². The lowest BCUT2D eigenvalue weighted by atomic mass is 10.3. The molecule has 0 aliphatic rings. The fourth-order valence-corrected chi connectivity index (χ4v) is 1.25. The van der Waals surface area contributed by atoms with Gasteiger partial charge in [0.25, 0.3) is 5.56 Å². The zero-order valence-electron chi connectivity index (χ0n) is 9.69. The smallest absolute Gasteiger partial charge is 0.330 e. The number of aromatic amines is 1. The zero-order chi connectivity index (χ0) is 12.8. The largest absolute Gasteiger partial charge is 0.467 e. The maximum Gasteiger partial charge on any atom is 0.330 e. The first kappa shape index (κ1) is 13.2. The Labute approximate surface area is 97.8 Å². The Balaban J connectivity index is 2.89. The number of methoxy groups -OCH3 is 1. The number of aliphatic hydroxyl groups excluding tert-OH is 1. The Morgan fingerprint density at radius 2 is 2.41 bits per heavy atom. The average Bonchev–Trinajstić information content (AvgIpc) is 2.34. The van der Waals surface area contributed by atoms with Crippen LogP contribution in [0.2, 0.25) is 0 Å². The number of aryl methyl sites for hydroxylation is 1. The third kappa shape index (κ3) is 3.56. The third-order valence-electron chi connectivity index (χ3n) is 2.12. The number of aliphatic hydroxyl groups is 1. The summed E-state index contributed by atoms with van der Waals surface area (Å²) in [4.78, 5) is 29.1. The van der Waals surface area contributed by atoms with Gasteiger partial charge in [0.1, 0.15) is 17.7 Å². The van der Waals surface area contributed by atoms with E-state index >= 15 is 0 Å². The van der Waals surface area contributed by atoms with Crippen LogP contribution in [0.3, 0.4) is 0 Å². The highest BCUT2D eigenvalue weighted by Gasteiger charge is 2.18. The summed E-state index contributed by atoms with van der Waals surface area (Å²) in [6, 6.07) is 0.282. The number of nitrogens with one attached hydrogen (secondary N) is 2. The number of H-pyrrole nitrogens is 1. The first-order valence-electron chi connectivity index (χ1n) is 5.16. The maximum atomic E-state index is 11.3. The van der Waals surface area contributed by atoms with Gasteiger partial charge in [0.15, 0.2) is 0 Å². The number of anilines is 1. The van der Waals surface area contributed by atoms with Crippen molar-refractivity contribution in [2.75, 3.05) is 19.0 Å². The summed E-state index contributed by atoms with van der Waals surface area (Å²) in [5.41, 5.74) is -0.319. The Morgan fingerprint density at radius 3 is 2.94 bits per heavy atom. The number of carbonyl (C=O) groups is 1. The van der Waals surface area contributed by atoms with Crippen LogP contribution in [-0.2, 0) is 16.0 Å².